The highest BCUT2D eigenvalue weighted by Crippen LogP contribution is 2.07. The maximum Gasteiger partial charge on any atom is 0.151 e. The molecule has 1 rings (SSSR count). The zero-order valence-electron chi connectivity index (χ0n) is 5.97. The van der Waals surface area contributed by atoms with Crippen LogP contribution in [-0.2, 0) is 4.79 Å². The minimum Gasteiger partial charge on any atom is -0.324 e. The van der Waals surface area contributed by atoms with Crippen molar-refractivity contribution < 1.29 is 4.79 Å². The van der Waals surface area contributed by atoms with Gasteiger partial charge in [0.15, 0.2) is 5.78 Å². The number of ketones is 1. The van der Waals surface area contributed by atoms with Gasteiger partial charge >= 0.3 is 0 Å². The zero-order valence-corrected chi connectivity index (χ0v) is 5.97. The Morgan fingerprint density at radius 3 is 3.10 bits per heavy atom. The fourth-order valence-electron chi connectivity index (χ4n) is 1.15. The van der Waals surface area contributed by atoms with Gasteiger partial charge in [-0.15, -0.1) is 0 Å². The molecule has 0 aromatic heterocycles. The standard InChI is InChI=1S/C7H13N2O/c8-5-7(10)4-6-2-1-3-9-6/h4,6,9H,1-3,5,8H2/t6-/m1/s1. The van der Waals surface area contributed by atoms with Gasteiger partial charge in [0.1, 0.15) is 0 Å². The Balaban J connectivity index is 2.17. The molecule has 3 heteroatoms. The molecular formula is C7H13N2O. The molecule has 1 fully saturated rings. The summed E-state index contributed by atoms with van der Waals surface area (Å²) in [4.78, 5) is 10.7. The number of nitrogens with two attached hydrogens (primary N) is 1. The Bertz CT molecular complexity index is 119. The van der Waals surface area contributed by atoms with Crippen molar-refractivity contribution in [3.63, 3.8) is 0 Å². The van der Waals surface area contributed by atoms with E-state index < -0.39 is 0 Å². The molecule has 0 aliphatic carbocycles. The molecule has 1 atom stereocenters. The molecule has 0 aromatic rings. The van der Waals surface area contributed by atoms with Crippen molar-refractivity contribution in [2.45, 2.75) is 18.9 Å². The molecule has 0 spiro atoms. The van der Waals surface area contributed by atoms with E-state index in [0.717, 1.165) is 13.0 Å². The third-order valence-electron chi connectivity index (χ3n) is 1.69. The van der Waals surface area contributed by atoms with E-state index in [-0.39, 0.29) is 18.4 Å². The lowest BCUT2D eigenvalue weighted by Crippen LogP contribution is -2.28. The third kappa shape index (κ3) is 2.08. The van der Waals surface area contributed by atoms with Crippen LogP contribution in [0, 0.1) is 6.42 Å². The van der Waals surface area contributed by atoms with Gasteiger partial charge in [-0.1, -0.05) is 0 Å². The van der Waals surface area contributed by atoms with Gasteiger partial charge in [0.05, 0.1) is 6.54 Å². The molecule has 1 saturated heterocycles. The summed E-state index contributed by atoms with van der Waals surface area (Å²) < 4.78 is 0. The first kappa shape index (κ1) is 7.69. The van der Waals surface area contributed by atoms with Gasteiger partial charge < -0.3 is 11.1 Å². The summed E-state index contributed by atoms with van der Waals surface area (Å²) in [7, 11) is 0. The van der Waals surface area contributed by atoms with Gasteiger partial charge in [0, 0.05) is 12.5 Å². The summed E-state index contributed by atoms with van der Waals surface area (Å²) in [5, 5.41) is 3.19. The van der Waals surface area contributed by atoms with E-state index in [0.29, 0.717) is 0 Å². The highest BCUT2D eigenvalue weighted by Gasteiger charge is 2.16. The lowest BCUT2D eigenvalue weighted by Gasteiger charge is -2.05. The second kappa shape index (κ2) is 3.68. The Labute approximate surface area is 61.0 Å². The number of rotatable bonds is 3. The Morgan fingerprint density at radius 2 is 2.60 bits per heavy atom. The monoisotopic (exact) mass is 141 g/mol. The maximum absolute atomic E-state index is 10.7. The van der Waals surface area contributed by atoms with E-state index in [4.69, 9.17) is 5.73 Å². The Kier molecular flexibility index (Phi) is 2.83. The molecule has 1 radical (unpaired) electrons. The van der Waals surface area contributed by atoms with Crippen LogP contribution in [0.15, 0.2) is 0 Å². The van der Waals surface area contributed by atoms with Crippen LogP contribution in [0.5, 0.6) is 0 Å². The lowest BCUT2D eigenvalue weighted by molar-refractivity contribution is -0.114. The van der Waals surface area contributed by atoms with Crippen LogP contribution in [0.25, 0.3) is 0 Å². The number of hydrogen-bond acceptors (Lipinski definition) is 3. The average molecular weight is 141 g/mol. The SMILES string of the molecule is NCC(=O)[CH][C@H]1CCCN1. The second-order valence-corrected chi connectivity index (χ2v) is 2.54. The van der Waals surface area contributed by atoms with Crippen molar-refractivity contribution in [2.24, 2.45) is 5.73 Å². The molecule has 1 heterocycles. The van der Waals surface area contributed by atoms with E-state index in [1.165, 1.54) is 6.42 Å². The summed E-state index contributed by atoms with van der Waals surface area (Å²) >= 11 is 0. The van der Waals surface area contributed by atoms with Gasteiger partial charge in [-0.2, -0.15) is 0 Å². The fraction of sp³-hybridized carbons (Fsp3) is 0.714. The van der Waals surface area contributed by atoms with Gasteiger partial charge in [-0.3, -0.25) is 4.79 Å². The summed E-state index contributed by atoms with van der Waals surface area (Å²) in [6.45, 7) is 1.16. The van der Waals surface area contributed by atoms with E-state index in [9.17, 15) is 4.79 Å². The van der Waals surface area contributed by atoms with Crippen LogP contribution in [0.4, 0.5) is 0 Å². The highest BCUT2D eigenvalue weighted by molar-refractivity contribution is 5.89. The van der Waals surface area contributed by atoms with Crippen molar-refractivity contribution in [1.82, 2.24) is 5.32 Å². The van der Waals surface area contributed by atoms with Crippen LogP contribution in [0.3, 0.4) is 0 Å². The number of nitrogens with one attached hydrogen (secondary N) is 1. The normalized spacial score (nSPS) is 25.1. The molecular weight excluding hydrogens is 128 g/mol. The number of hydrogen-bond donors (Lipinski definition) is 2. The van der Waals surface area contributed by atoms with Crippen molar-refractivity contribution in [1.29, 1.82) is 0 Å². The summed E-state index contributed by atoms with van der Waals surface area (Å²) in [6.07, 6.45) is 3.93. The second-order valence-electron chi connectivity index (χ2n) is 2.54. The van der Waals surface area contributed by atoms with Crippen LogP contribution in [0.1, 0.15) is 12.8 Å². The summed E-state index contributed by atoms with van der Waals surface area (Å²) in [6, 6.07) is 0.288. The molecule has 1 aliphatic rings. The zero-order chi connectivity index (χ0) is 7.40. The van der Waals surface area contributed by atoms with E-state index in [1.807, 2.05) is 0 Å². The lowest BCUT2D eigenvalue weighted by atomic mass is 10.1. The molecule has 57 valence electrons. The Hall–Kier alpha value is -0.410. The molecule has 0 unspecified atom stereocenters. The predicted octanol–water partition coefficient (Wildman–Crippen LogP) is -0.530. The first-order valence-corrected chi connectivity index (χ1v) is 3.64. The van der Waals surface area contributed by atoms with Crippen molar-refractivity contribution in [2.75, 3.05) is 13.1 Å². The predicted molar refractivity (Wildman–Crippen MR) is 39.4 cm³/mol. The molecule has 0 bridgehead atoms. The van der Waals surface area contributed by atoms with E-state index in [2.05, 4.69) is 5.32 Å². The Morgan fingerprint density at radius 1 is 1.80 bits per heavy atom. The maximum atomic E-state index is 10.7. The summed E-state index contributed by atoms with van der Waals surface area (Å²) in [5.74, 6) is 0.0411. The molecule has 3 N–H and O–H groups in total. The van der Waals surface area contributed by atoms with Gasteiger partial charge in [0.2, 0.25) is 0 Å². The molecule has 10 heavy (non-hydrogen) atoms. The topological polar surface area (TPSA) is 55.1 Å². The third-order valence-corrected chi connectivity index (χ3v) is 1.69. The molecule has 3 nitrogen and oxygen atoms in total. The first-order valence-electron chi connectivity index (χ1n) is 3.64. The quantitative estimate of drug-likeness (QED) is 0.555. The van der Waals surface area contributed by atoms with Crippen LogP contribution in [-0.4, -0.2) is 24.9 Å². The largest absolute Gasteiger partial charge is 0.324 e. The molecule has 0 saturated carbocycles. The minimum atomic E-state index is 0.0411. The first-order chi connectivity index (χ1) is 4.83. The van der Waals surface area contributed by atoms with Gasteiger partial charge in [-0.25, -0.2) is 0 Å². The van der Waals surface area contributed by atoms with Crippen LogP contribution < -0.4 is 11.1 Å². The van der Waals surface area contributed by atoms with Crippen LogP contribution >= 0.6 is 0 Å². The number of carbonyl (C=O) groups excluding carboxylic acids is 1. The smallest absolute Gasteiger partial charge is 0.151 e. The highest BCUT2D eigenvalue weighted by atomic mass is 16.1. The average Bonchev–Trinajstić information content (AvgIpc) is 2.40. The van der Waals surface area contributed by atoms with Gasteiger partial charge in [-0.05, 0) is 19.4 Å². The summed E-state index contributed by atoms with van der Waals surface area (Å²) in [5.41, 5.74) is 5.14. The fourth-order valence-corrected chi connectivity index (χ4v) is 1.15. The van der Waals surface area contributed by atoms with Crippen molar-refractivity contribution >= 4 is 5.78 Å². The van der Waals surface area contributed by atoms with Crippen LogP contribution in [0.2, 0.25) is 0 Å². The van der Waals surface area contributed by atoms with E-state index >= 15 is 0 Å². The molecule has 0 aromatic carbocycles. The molecule has 1 aliphatic heterocycles. The van der Waals surface area contributed by atoms with Crippen molar-refractivity contribution in [3.05, 3.63) is 6.42 Å². The number of Topliss-reactive ketones (excluding diaryl/α,β-unsaturated/α-hetero) is 1. The minimum absolute atomic E-state index is 0.0411. The number of carbonyl (C=O) groups is 1. The van der Waals surface area contributed by atoms with Crippen molar-refractivity contribution in [3.8, 4) is 0 Å². The molecule has 0 amide bonds. The van der Waals surface area contributed by atoms with Gasteiger partial charge in [0.25, 0.3) is 0 Å². The van der Waals surface area contributed by atoms with E-state index in [1.54, 1.807) is 6.42 Å².